The third-order valence-corrected chi connectivity index (χ3v) is 2.27. The molecule has 1 N–H and O–H groups in total. The number of benzene rings is 1. The van der Waals surface area contributed by atoms with Crippen molar-refractivity contribution in [2.24, 2.45) is 0 Å². The Bertz CT molecular complexity index is 361. The molecule has 0 radical (unpaired) electrons. The van der Waals surface area contributed by atoms with Crippen LogP contribution in [-0.2, 0) is 22.5 Å². The van der Waals surface area contributed by atoms with E-state index in [1.54, 1.807) is 0 Å². The fourth-order valence-electron chi connectivity index (χ4n) is 1.48. The van der Waals surface area contributed by atoms with Crippen molar-refractivity contribution < 1.29 is 9.53 Å². The van der Waals surface area contributed by atoms with Crippen molar-refractivity contribution in [3.63, 3.8) is 0 Å². The summed E-state index contributed by atoms with van der Waals surface area (Å²) in [6.45, 7) is 4.57. The lowest BCUT2D eigenvalue weighted by Crippen LogP contribution is -2.10. The van der Waals surface area contributed by atoms with Crippen LogP contribution < -0.4 is 5.32 Å². The Balaban J connectivity index is 2.52. The molecule has 0 heterocycles. The average molecular weight is 219 g/mol. The van der Waals surface area contributed by atoms with Crippen LogP contribution in [-0.4, -0.2) is 19.6 Å². The molecule has 0 aliphatic rings. The van der Waals surface area contributed by atoms with Crippen molar-refractivity contribution in [3.8, 4) is 0 Å². The number of ether oxygens (including phenoxy) is 1. The maximum absolute atomic E-state index is 10.9. The van der Waals surface area contributed by atoms with E-state index in [0.717, 1.165) is 13.0 Å². The molecule has 0 aromatic heterocycles. The second-order valence-electron chi connectivity index (χ2n) is 3.42. The first-order valence-corrected chi connectivity index (χ1v) is 5.28. The van der Waals surface area contributed by atoms with E-state index in [9.17, 15) is 4.79 Å². The van der Waals surface area contributed by atoms with Crippen LogP contribution in [0.5, 0.6) is 0 Å². The van der Waals surface area contributed by atoms with Gasteiger partial charge >= 0.3 is 5.97 Å². The second kappa shape index (κ2) is 6.80. The summed E-state index contributed by atoms with van der Waals surface area (Å²) in [7, 11) is 1.91. The first-order chi connectivity index (χ1) is 7.77. The summed E-state index contributed by atoms with van der Waals surface area (Å²) in [5.74, 6) is -0.369. The third kappa shape index (κ3) is 3.87. The Hall–Kier alpha value is -1.61. The van der Waals surface area contributed by atoms with Gasteiger partial charge in [-0.2, -0.15) is 0 Å². The molecule has 3 heteroatoms. The zero-order chi connectivity index (χ0) is 11.8. The van der Waals surface area contributed by atoms with Crippen LogP contribution >= 0.6 is 0 Å². The molecule has 1 aromatic carbocycles. The highest BCUT2D eigenvalue weighted by Crippen LogP contribution is 2.09. The molecule has 0 bridgehead atoms. The van der Waals surface area contributed by atoms with Gasteiger partial charge in [0.15, 0.2) is 0 Å². The average Bonchev–Trinajstić information content (AvgIpc) is 2.31. The molecule has 1 rings (SSSR count). The highest BCUT2D eigenvalue weighted by atomic mass is 16.5. The summed E-state index contributed by atoms with van der Waals surface area (Å²) in [6.07, 6.45) is 1.91. The van der Waals surface area contributed by atoms with Gasteiger partial charge in [-0.3, -0.25) is 0 Å². The minimum absolute atomic E-state index is 0.369. The van der Waals surface area contributed by atoms with Gasteiger partial charge in [0.25, 0.3) is 0 Å². The van der Waals surface area contributed by atoms with Crippen molar-refractivity contribution in [1.29, 1.82) is 0 Å². The monoisotopic (exact) mass is 219 g/mol. The maximum atomic E-state index is 10.9. The molecule has 86 valence electrons. The summed E-state index contributed by atoms with van der Waals surface area (Å²) >= 11 is 0. The summed E-state index contributed by atoms with van der Waals surface area (Å²) in [5, 5.41) is 3.11. The maximum Gasteiger partial charge on any atom is 0.330 e. The SMILES string of the molecule is C=CC(=O)OCCc1ccccc1CNC. The summed E-state index contributed by atoms with van der Waals surface area (Å²) in [4.78, 5) is 10.9. The molecule has 0 amide bonds. The molecule has 0 aliphatic carbocycles. The minimum atomic E-state index is -0.369. The first kappa shape index (κ1) is 12.5. The van der Waals surface area contributed by atoms with E-state index >= 15 is 0 Å². The number of esters is 1. The molecule has 0 saturated carbocycles. The summed E-state index contributed by atoms with van der Waals surface area (Å²) in [5.41, 5.74) is 2.44. The van der Waals surface area contributed by atoms with Gasteiger partial charge in [-0.05, 0) is 18.2 Å². The number of hydrogen-bond donors (Lipinski definition) is 1. The number of nitrogens with one attached hydrogen (secondary N) is 1. The van der Waals surface area contributed by atoms with E-state index < -0.39 is 0 Å². The molecule has 0 atom stereocenters. The van der Waals surface area contributed by atoms with Crippen molar-refractivity contribution in [1.82, 2.24) is 5.32 Å². The normalized spacial score (nSPS) is 9.81. The quantitative estimate of drug-likeness (QED) is 0.584. The third-order valence-electron chi connectivity index (χ3n) is 2.27. The molecular formula is C13H17NO2. The lowest BCUT2D eigenvalue weighted by Gasteiger charge is -2.08. The van der Waals surface area contributed by atoms with Crippen molar-refractivity contribution in [2.75, 3.05) is 13.7 Å². The Labute approximate surface area is 96.1 Å². The Morgan fingerprint density at radius 2 is 2.12 bits per heavy atom. The predicted octanol–water partition coefficient (Wildman–Crippen LogP) is 1.68. The van der Waals surface area contributed by atoms with Gasteiger partial charge in [0.05, 0.1) is 6.61 Å². The van der Waals surface area contributed by atoms with Gasteiger partial charge in [0.2, 0.25) is 0 Å². The van der Waals surface area contributed by atoms with Gasteiger partial charge in [-0.1, -0.05) is 30.8 Å². The molecule has 0 fully saturated rings. The zero-order valence-corrected chi connectivity index (χ0v) is 9.53. The number of carbonyl (C=O) groups excluding carboxylic acids is 1. The molecular weight excluding hydrogens is 202 g/mol. The van der Waals surface area contributed by atoms with Gasteiger partial charge in [0, 0.05) is 19.0 Å². The van der Waals surface area contributed by atoms with E-state index in [1.807, 2.05) is 19.2 Å². The van der Waals surface area contributed by atoms with Crippen LogP contribution in [0.1, 0.15) is 11.1 Å². The predicted molar refractivity (Wildman–Crippen MR) is 64.1 cm³/mol. The molecule has 16 heavy (non-hydrogen) atoms. The Morgan fingerprint density at radius 1 is 1.44 bits per heavy atom. The van der Waals surface area contributed by atoms with Crippen LogP contribution in [0.25, 0.3) is 0 Å². The number of rotatable bonds is 6. The topological polar surface area (TPSA) is 38.3 Å². The molecule has 0 spiro atoms. The van der Waals surface area contributed by atoms with E-state index in [4.69, 9.17) is 4.74 Å². The standard InChI is InChI=1S/C13H17NO2/c1-3-13(15)16-9-8-11-6-4-5-7-12(11)10-14-2/h3-7,14H,1,8-10H2,2H3. The first-order valence-electron chi connectivity index (χ1n) is 5.28. The molecule has 3 nitrogen and oxygen atoms in total. The van der Waals surface area contributed by atoms with Gasteiger partial charge < -0.3 is 10.1 Å². The van der Waals surface area contributed by atoms with Crippen molar-refractivity contribution >= 4 is 5.97 Å². The Morgan fingerprint density at radius 3 is 2.75 bits per heavy atom. The van der Waals surface area contributed by atoms with E-state index in [2.05, 4.69) is 24.0 Å². The summed E-state index contributed by atoms with van der Waals surface area (Å²) < 4.78 is 4.95. The van der Waals surface area contributed by atoms with Crippen LogP contribution in [0.3, 0.4) is 0 Å². The number of hydrogen-bond acceptors (Lipinski definition) is 3. The Kier molecular flexibility index (Phi) is 5.29. The molecule has 0 saturated heterocycles. The highest BCUT2D eigenvalue weighted by Gasteiger charge is 2.02. The van der Waals surface area contributed by atoms with Crippen LogP contribution in [0, 0.1) is 0 Å². The molecule has 0 unspecified atom stereocenters. The van der Waals surface area contributed by atoms with Crippen LogP contribution in [0.4, 0.5) is 0 Å². The summed E-state index contributed by atoms with van der Waals surface area (Å²) in [6, 6.07) is 8.12. The highest BCUT2D eigenvalue weighted by molar-refractivity contribution is 5.81. The molecule has 0 aliphatic heterocycles. The van der Waals surface area contributed by atoms with Crippen LogP contribution in [0.2, 0.25) is 0 Å². The lowest BCUT2D eigenvalue weighted by atomic mass is 10.1. The van der Waals surface area contributed by atoms with Gasteiger partial charge in [-0.25, -0.2) is 4.79 Å². The van der Waals surface area contributed by atoms with E-state index in [0.29, 0.717) is 6.61 Å². The second-order valence-corrected chi connectivity index (χ2v) is 3.42. The largest absolute Gasteiger partial charge is 0.462 e. The van der Waals surface area contributed by atoms with E-state index in [1.165, 1.54) is 17.2 Å². The van der Waals surface area contributed by atoms with Crippen molar-refractivity contribution in [3.05, 3.63) is 48.0 Å². The van der Waals surface area contributed by atoms with Gasteiger partial charge in [0.1, 0.15) is 0 Å². The van der Waals surface area contributed by atoms with Gasteiger partial charge in [-0.15, -0.1) is 0 Å². The fraction of sp³-hybridized carbons (Fsp3) is 0.308. The molecule has 1 aromatic rings. The van der Waals surface area contributed by atoms with Crippen LogP contribution in [0.15, 0.2) is 36.9 Å². The lowest BCUT2D eigenvalue weighted by molar-refractivity contribution is -0.137. The minimum Gasteiger partial charge on any atom is -0.462 e. The van der Waals surface area contributed by atoms with E-state index in [-0.39, 0.29) is 5.97 Å². The zero-order valence-electron chi connectivity index (χ0n) is 9.53. The number of carbonyl (C=O) groups is 1. The fourth-order valence-corrected chi connectivity index (χ4v) is 1.48. The smallest absolute Gasteiger partial charge is 0.330 e. The van der Waals surface area contributed by atoms with Crippen molar-refractivity contribution in [2.45, 2.75) is 13.0 Å².